The maximum Gasteiger partial charge on any atom is 0.269 e. The van der Waals surface area contributed by atoms with Crippen LogP contribution in [0, 0.1) is 52.3 Å². The molecule has 8 nitrogen and oxygen atoms in total. The number of nitrogens with one attached hydrogen (secondary N) is 1. The van der Waals surface area contributed by atoms with Crippen LogP contribution in [0.2, 0.25) is 0 Å². The van der Waals surface area contributed by atoms with Crippen LogP contribution in [0.1, 0.15) is 111 Å². The van der Waals surface area contributed by atoms with Gasteiger partial charge in [0.05, 0.1) is 18.3 Å². The number of hydrogen-bond acceptors (Lipinski definition) is 6. The second-order valence-electron chi connectivity index (χ2n) is 15.2. The first-order valence-electron chi connectivity index (χ1n) is 16.5. The van der Waals surface area contributed by atoms with Crippen molar-refractivity contribution in [3.05, 3.63) is 0 Å². The van der Waals surface area contributed by atoms with Crippen molar-refractivity contribution in [3.63, 3.8) is 0 Å². The predicted molar refractivity (Wildman–Crippen MR) is 157 cm³/mol. The lowest BCUT2D eigenvalue weighted by molar-refractivity contribution is -0.228. The number of fused-ring (bicyclic) bond motifs is 5. The molecule has 5 fully saturated rings. The molecule has 0 bridgehead atoms. The van der Waals surface area contributed by atoms with Gasteiger partial charge in [-0.2, -0.15) is 8.42 Å². The molecule has 5 N–H and O–H groups in total. The van der Waals surface area contributed by atoms with Crippen molar-refractivity contribution in [3.8, 4) is 0 Å². The highest BCUT2D eigenvalue weighted by Gasteiger charge is 2.67. The first-order valence-corrected chi connectivity index (χ1v) is 18.0. The fourth-order valence-electron chi connectivity index (χ4n) is 11.3. The maximum absolute atomic E-state index is 12.9. The van der Waals surface area contributed by atoms with Crippen LogP contribution in [-0.4, -0.2) is 63.8 Å². The van der Waals surface area contributed by atoms with E-state index in [0.29, 0.717) is 25.7 Å². The van der Waals surface area contributed by atoms with Gasteiger partial charge in [-0.15, -0.1) is 0 Å². The Morgan fingerprint density at radius 3 is 2.37 bits per heavy atom. The summed E-state index contributed by atoms with van der Waals surface area (Å²) in [4.78, 5) is 12.9. The fourth-order valence-corrected chi connectivity index (χ4v) is 12.4. The average molecular weight is 598 g/mol. The Hall–Kier alpha value is -0.740. The molecule has 0 unspecified atom stereocenters. The van der Waals surface area contributed by atoms with Gasteiger partial charge in [0.25, 0.3) is 10.1 Å². The SMILES string of the molecule is CC[C@H]1[C@@H](O)[C@@H]2[C@H](C[C@H](O)[C@]3(C)[C@@H]([C@H](C)CCC(=O)N[C@H]4CCCC[C@H]4S(=O)(=O)O)CC[C@@H]23)[C@@]2(C)CC[C@@H](O)C[C@@H]12. The van der Waals surface area contributed by atoms with Gasteiger partial charge in [-0.25, -0.2) is 0 Å². The summed E-state index contributed by atoms with van der Waals surface area (Å²) in [5.74, 6) is 1.33. The van der Waals surface area contributed by atoms with Crippen LogP contribution in [0.4, 0.5) is 0 Å². The van der Waals surface area contributed by atoms with Crippen LogP contribution < -0.4 is 5.32 Å². The van der Waals surface area contributed by atoms with Gasteiger partial charge in [-0.3, -0.25) is 9.35 Å². The van der Waals surface area contributed by atoms with Crippen LogP contribution in [0.25, 0.3) is 0 Å². The molecule has 5 rings (SSSR count). The predicted octanol–water partition coefficient (Wildman–Crippen LogP) is 4.32. The Kier molecular flexibility index (Phi) is 8.99. The Morgan fingerprint density at radius 2 is 1.68 bits per heavy atom. The van der Waals surface area contributed by atoms with Crippen molar-refractivity contribution in [2.24, 2.45) is 52.3 Å². The van der Waals surface area contributed by atoms with Crippen LogP contribution in [0.5, 0.6) is 0 Å². The average Bonchev–Trinajstić information content (AvgIpc) is 3.27. The van der Waals surface area contributed by atoms with Gasteiger partial charge in [0, 0.05) is 12.5 Å². The highest BCUT2D eigenvalue weighted by Crippen LogP contribution is 2.69. The summed E-state index contributed by atoms with van der Waals surface area (Å²) >= 11 is 0. The van der Waals surface area contributed by atoms with Gasteiger partial charge in [-0.1, -0.05) is 47.0 Å². The Morgan fingerprint density at radius 1 is 0.976 bits per heavy atom. The third kappa shape index (κ3) is 5.42. The maximum atomic E-state index is 12.9. The van der Waals surface area contributed by atoms with Crippen molar-refractivity contribution < 1.29 is 33.1 Å². The molecule has 1 amide bonds. The largest absolute Gasteiger partial charge is 0.393 e. The number of hydrogen-bond donors (Lipinski definition) is 5. The first kappa shape index (κ1) is 31.7. The molecule has 0 saturated heterocycles. The second-order valence-corrected chi connectivity index (χ2v) is 16.9. The van der Waals surface area contributed by atoms with Crippen LogP contribution in [0.15, 0.2) is 0 Å². The fraction of sp³-hybridized carbons (Fsp3) is 0.969. The summed E-state index contributed by atoms with van der Waals surface area (Å²) in [6.45, 7) is 8.95. The van der Waals surface area contributed by atoms with E-state index in [9.17, 15) is 33.1 Å². The van der Waals surface area contributed by atoms with Crippen LogP contribution in [-0.2, 0) is 14.9 Å². The first-order chi connectivity index (χ1) is 19.2. The van der Waals surface area contributed by atoms with Gasteiger partial charge in [0.15, 0.2) is 0 Å². The Bertz CT molecular complexity index is 1070. The van der Waals surface area contributed by atoms with E-state index in [1.807, 2.05) is 0 Å². The zero-order valence-corrected chi connectivity index (χ0v) is 26.4. The van der Waals surface area contributed by atoms with E-state index in [0.717, 1.165) is 51.4 Å². The Labute approximate surface area is 247 Å². The summed E-state index contributed by atoms with van der Waals surface area (Å²) in [6.07, 6.45) is 8.29. The minimum absolute atomic E-state index is 0.0208. The second kappa shape index (κ2) is 11.6. The topological polar surface area (TPSA) is 144 Å². The molecule has 0 aromatic carbocycles. The van der Waals surface area contributed by atoms with Crippen molar-refractivity contribution in [2.45, 2.75) is 141 Å². The molecule has 0 heterocycles. The molecule has 0 aromatic rings. The summed E-state index contributed by atoms with van der Waals surface area (Å²) in [5, 5.41) is 36.3. The number of carbonyl (C=O) groups excluding carboxylic acids is 1. The van der Waals surface area contributed by atoms with Crippen molar-refractivity contribution in [2.75, 3.05) is 0 Å². The van der Waals surface area contributed by atoms with Crippen molar-refractivity contribution in [1.82, 2.24) is 5.32 Å². The minimum Gasteiger partial charge on any atom is -0.393 e. The molecule has 9 heteroatoms. The van der Waals surface area contributed by atoms with E-state index in [-0.39, 0.29) is 70.7 Å². The smallest absolute Gasteiger partial charge is 0.269 e. The summed E-state index contributed by atoms with van der Waals surface area (Å²) in [7, 11) is -4.20. The van der Waals surface area contributed by atoms with E-state index in [1.165, 1.54) is 0 Å². The van der Waals surface area contributed by atoms with E-state index in [4.69, 9.17) is 0 Å². The normalized spacial score (nSPS) is 48.9. The van der Waals surface area contributed by atoms with Gasteiger partial charge in [0.2, 0.25) is 5.91 Å². The summed E-state index contributed by atoms with van der Waals surface area (Å²) in [5.41, 5.74) is -0.305. The quantitative estimate of drug-likeness (QED) is 0.275. The lowest BCUT2D eigenvalue weighted by atomic mass is 9.41. The molecule has 5 saturated carbocycles. The molecular weight excluding hydrogens is 542 g/mol. The zero-order valence-electron chi connectivity index (χ0n) is 25.5. The van der Waals surface area contributed by atoms with E-state index < -0.39 is 33.6 Å². The molecule has 0 spiro atoms. The standard InChI is InChI=1S/C32H55NO7S/c1-5-20-23-16-19(34)14-15-31(23,3)24-17-27(35)32(4)21(11-12-22(32)29(24)30(20)37)18(2)10-13-28(36)33-25-8-6-7-9-26(25)41(38,39)40/h18-27,29-30,34-35,37H,5-17H2,1-4H3,(H,33,36)(H,38,39,40)/t18-,19-,20-,21-,22+,23+,24+,25+,26-,27+,29+,30-,31+,32-/m1/s1. The van der Waals surface area contributed by atoms with E-state index in [1.54, 1.807) is 0 Å². The number of rotatable bonds is 7. The van der Waals surface area contributed by atoms with Gasteiger partial charge < -0.3 is 20.6 Å². The molecule has 5 aliphatic carbocycles. The molecule has 0 aromatic heterocycles. The molecule has 0 radical (unpaired) electrons. The monoisotopic (exact) mass is 597 g/mol. The summed E-state index contributed by atoms with van der Waals surface area (Å²) < 4.78 is 33.3. The number of aliphatic hydroxyl groups excluding tert-OH is 3. The third-order valence-electron chi connectivity index (χ3n) is 13.5. The number of carbonyl (C=O) groups is 1. The molecule has 5 aliphatic rings. The lowest BCUT2D eigenvalue weighted by Crippen LogP contribution is -2.65. The number of aliphatic hydroxyl groups is 3. The van der Waals surface area contributed by atoms with E-state index in [2.05, 4.69) is 33.0 Å². The molecular formula is C32H55NO7S. The van der Waals surface area contributed by atoms with Crippen LogP contribution >= 0.6 is 0 Å². The molecule has 236 valence electrons. The zero-order chi connectivity index (χ0) is 29.9. The van der Waals surface area contributed by atoms with Crippen molar-refractivity contribution in [1.29, 1.82) is 0 Å². The Balaban J connectivity index is 1.28. The highest BCUT2D eigenvalue weighted by atomic mass is 32.2. The van der Waals surface area contributed by atoms with Crippen LogP contribution in [0.3, 0.4) is 0 Å². The van der Waals surface area contributed by atoms with E-state index >= 15 is 0 Å². The van der Waals surface area contributed by atoms with Gasteiger partial charge >= 0.3 is 0 Å². The van der Waals surface area contributed by atoms with Crippen molar-refractivity contribution >= 4 is 16.0 Å². The lowest BCUT2D eigenvalue weighted by Gasteiger charge is -2.65. The molecule has 14 atom stereocenters. The van der Waals surface area contributed by atoms with Gasteiger partial charge in [-0.05, 0) is 110 Å². The summed E-state index contributed by atoms with van der Waals surface area (Å²) in [6, 6.07) is -0.544. The molecule has 0 aliphatic heterocycles. The molecule has 41 heavy (non-hydrogen) atoms. The highest BCUT2D eigenvalue weighted by molar-refractivity contribution is 7.86. The minimum atomic E-state index is -4.20. The third-order valence-corrected chi connectivity index (χ3v) is 14.8. The van der Waals surface area contributed by atoms with Gasteiger partial charge in [0.1, 0.15) is 5.25 Å². The number of amides is 1.